The summed E-state index contributed by atoms with van der Waals surface area (Å²) in [6, 6.07) is 10.5. The number of nitrogens with zero attached hydrogens (tertiary/aromatic N) is 1. The maximum atomic E-state index is 12.7. The van der Waals surface area contributed by atoms with Gasteiger partial charge in [0.15, 0.2) is 6.61 Å². The van der Waals surface area contributed by atoms with Gasteiger partial charge in [-0.25, -0.2) is 10.2 Å². The van der Waals surface area contributed by atoms with Crippen LogP contribution in [0.3, 0.4) is 0 Å². The summed E-state index contributed by atoms with van der Waals surface area (Å²) in [5.41, 5.74) is 1.76. The first-order chi connectivity index (χ1) is 15.2. The lowest BCUT2D eigenvalue weighted by molar-refractivity contribution is -0.145. The third-order valence-electron chi connectivity index (χ3n) is 3.74. The zero-order valence-electron chi connectivity index (χ0n) is 16.9. The molecule has 0 aliphatic heterocycles. The van der Waals surface area contributed by atoms with Gasteiger partial charge >= 0.3 is 12.1 Å². The molecule has 0 heterocycles. The molecule has 0 atom stereocenters. The van der Waals surface area contributed by atoms with Crippen LogP contribution in [0.1, 0.15) is 24.5 Å². The number of hydrogen-bond donors (Lipinski definition) is 2. The van der Waals surface area contributed by atoms with Gasteiger partial charge in [-0.05, 0) is 55.0 Å². The smallest absolute Gasteiger partial charge is 0.416 e. The first kappa shape index (κ1) is 24.4. The molecule has 2 aromatic carbocycles. The Morgan fingerprint density at radius 2 is 1.78 bits per heavy atom. The highest BCUT2D eigenvalue weighted by atomic mass is 19.4. The van der Waals surface area contributed by atoms with Crippen molar-refractivity contribution in [1.29, 1.82) is 0 Å². The molecule has 2 amide bonds. The number of esters is 1. The van der Waals surface area contributed by atoms with E-state index in [1.54, 1.807) is 31.2 Å². The first-order valence-corrected chi connectivity index (χ1v) is 9.35. The van der Waals surface area contributed by atoms with Gasteiger partial charge in [-0.3, -0.25) is 9.59 Å². The summed E-state index contributed by atoms with van der Waals surface area (Å²) < 4.78 is 48.1. The van der Waals surface area contributed by atoms with Crippen molar-refractivity contribution in [2.45, 2.75) is 19.5 Å². The number of amides is 2. The Labute approximate surface area is 181 Å². The molecule has 170 valence electrons. The minimum absolute atomic E-state index is 0.0774. The summed E-state index contributed by atoms with van der Waals surface area (Å²) >= 11 is 0. The van der Waals surface area contributed by atoms with Crippen LogP contribution in [-0.2, 0) is 25.3 Å². The van der Waals surface area contributed by atoms with Crippen molar-refractivity contribution < 1.29 is 37.0 Å². The molecule has 2 N–H and O–H groups in total. The summed E-state index contributed by atoms with van der Waals surface area (Å²) in [6.07, 6.45) is -3.86. The second-order valence-electron chi connectivity index (χ2n) is 6.26. The van der Waals surface area contributed by atoms with Crippen molar-refractivity contribution in [3.8, 4) is 5.75 Å². The van der Waals surface area contributed by atoms with E-state index in [0.29, 0.717) is 11.3 Å². The molecule has 32 heavy (non-hydrogen) atoms. The van der Waals surface area contributed by atoms with Gasteiger partial charge in [0.1, 0.15) is 12.2 Å². The average Bonchev–Trinajstić information content (AvgIpc) is 2.73. The summed E-state index contributed by atoms with van der Waals surface area (Å²) in [6.45, 7) is 1.73. The van der Waals surface area contributed by atoms with Crippen molar-refractivity contribution >= 4 is 29.7 Å². The zero-order chi connectivity index (χ0) is 23.6. The van der Waals surface area contributed by atoms with Crippen molar-refractivity contribution in [2.75, 3.05) is 18.5 Å². The molecule has 0 radical (unpaired) electrons. The molecule has 0 aromatic heterocycles. The maximum Gasteiger partial charge on any atom is 0.416 e. The van der Waals surface area contributed by atoms with Crippen molar-refractivity contribution in [2.24, 2.45) is 5.10 Å². The molecule has 0 aliphatic rings. The standard InChI is InChI=1S/C21H20F3N3O5/c1-2-31-20(30)13-32-17-8-6-14(7-9-17)12-25-27-19(29)11-18(28)26-16-5-3-4-15(10-16)21(22,23)24/h3-10,12H,2,11,13H2,1H3,(H,26,28)(H,27,29). The molecular weight excluding hydrogens is 431 g/mol. The van der Waals surface area contributed by atoms with E-state index in [4.69, 9.17) is 9.47 Å². The predicted molar refractivity (Wildman–Crippen MR) is 109 cm³/mol. The number of carbonyl (C=O) groups excluding carboxylic acids is 3. The molecule has 2 aromatic rings. The Morgan fingerprint density at radius 1 is 1.06 bits per heavy atom. The van der Waals surface area contributed by atoms with Crippen LogP contribution in [-0.4, -0.2) is 37.2 Å². The Hall–Kier alpha value is -3.89. The van der Waals surface area contributed by atoms with Gasteiger partial charge in [0.25, 0.3) is 0 Å². The van der Waals surface area contributed by atoms with Crippen LogP contribution < -0.4 is 15.5 Å². The number of hydrogen-bond acceptors (Lipinski definition) is 6. The van der Waals surface area contributed by atoms with Gasteiger partial charge in [0.2, 0.25) is 11.8 Å². The molecule has 0 aliphatic carbocycles. The molecule has 0 fully saturated rings. The Bertz CT molecular complexity index is 975. The quantitative estimate of drug-likeness (QED) is 0.264. The number of rotatable bonds is 9. The van der Waals surface area contributed by atoms with Crippen LogP contribution in [0.2, 0.25) is 0 Å². The minimum Gasteiger partial charge on any atom is -0.482 e. The van der Waals surface area contributed by atoms with Gasteiger partial charge in [-0.2, -0.15) is 18.3 Å². The SMILES string of the molecule is CCOC(=O)COc1ccc(C=NNC(=O)CC(=O)Nc2cccc(C(F)(F)F)c2)cc1. The highest BCUT2D eigenvalue weighted by molar-refractivity contribution is 6.03. The minimum atomic E-state index is -4.54. The fourth-order valence-corrected chi connectivity index (χ4v) is 2.34. The third-order valence-corrected chi connectivity index (χ3v) is 3.74. The van der Waals surface area contributed by atoms with Crippen LogP contribution >= 0.6 is 0 Å². The number of nitrogens with one attached hydrogen (secondary N) is 2. The normalized spacial score (nSPS) is 11.1. The van der Waals surface area contributed by atoms with Crippen LogP contribution in [0.5, 0.6) is 5.75 Å². The maximum absolute atomic E-state index is 12.7. The Kier molecular flexibility index (Phi) is 8.75. The van der Waals surface area contributed by atoms with Gasteiger partial charge < -0.3 is 14.8 Å². The first-order valence-electron chi connectivity index (χ1n) is 9.35. The predicted octanol–water partition coefficient (Wildman–Crippen LogP) is 3.13. The lowest BCUT2D eigenvalue weighted by Gasteiger charge is -2.09. The van der Waals surface area contributed by atoms with Gasteiger partial charge in [-0.1, -0.05) is 6.07 Å². The molecule has 0 saturated heterocycles. The number of anilines is 1. The molecule has 11 heteroatoms. The van der Waals surface area contributed by atoms with E-state index in [9.17, 15) is 27.6 Å². The summed E-state index contributed by atoms with van der Waals surface area (Å²) in [7, 11) is 0. The van der Waals surface area contributed by atoms with E-state index in [-0.39, 0.29) is 18.9 Å². The lowest BCUT2D eigenvalue weighted by Crippen LogP contribution is -2.24. The third kappa shape index (κ3) is 8.46. The van der Waals surface area contributed by atoms with E-state index in [0.717, 1.165) is 18.2 Å². The lowest BCUT2D eigenvalue weighted by atomic mass is 10.2. The second-order valence-corrected chi connectivity index (χ2v) is 6.26. The van der Waals surface area contributed by atoms with E-state index in [1.807, 2.05) is 0 Å². The topological polar surface area (TPSA) is 106 Å². The summed E-state index contributed by atoms with van der Waals surface area (Å²) in [5.74, 6) is -1.59. The largest absolute Gasteiger partial charge is 0.482 e. The van der Waals surface area contributed by atoms with Crippen LogP contribution in [0.15, 0.2) is 53.6 Å². The van der Waals surface area contributed by atoms with Crippen LogP contribution in [0, 0.1) is 0 Å². The summed E-state index contributed by atoms with van der Waals surface area (Å²) in [5, 5.41) is 5.94. The van der Waals surface area contributed by atoms with Gasteiger partial charge in [0, 0.05) is 5.69 Å². The van der Waals surface area contributed by atoms with Crippen molar-refractivity contribution in [3.05, 3.63) is 59.7 Å². The Balaban J connectivity index is 1.78. The average molecular weight is 451 g/mol. The van der Waals surface area contributed by atoms with Crippen molar-refractivity contribution in [3.63, 3.8) is 0 Å². The number of hydrazone groups is 1. The monoisotopic (exact) mass is 451 g/mol. The molecule has 0 saturated carbocycles. The van der Waals surface area contributed by atoms with E-state index < -0.39 is 35.9 Å². The fraction of sp³-hybridized carbons (Fsp3) is 0.238. The molecule has 0 spiro atoms. The van der Waals surface area contributed by atoms with E-state index >= 15 is 0 Å². The molecule has 8 nitrogen and oxygen atoms in total. The number of benzene rings is 2. The van der Waals surface area contributed by atoms with Gasteiger partial charge in [0.05, 0.1) is 18.4 Å². The molecule has 2 rings (SSSR count). The Morgan fingerprint density at radius 3 is 2.44 bits per heavy atom. The fourth-order valence-electron chi connectivity index (χ4n) is 2.34. The highest BCUT2D eigenvalue weighted by Crippen LogP contribution is 2.30. The molecule has 0 bridgehead atoms. The van der Waals surface area contributed by atoms with E-state index in [2.05, 4.69) is 15.8 Å². The highest BCUT2D eigenvalue weighted by Gasteiger charge is 2.30. The number of halogens is 3. The van der Waals surface area contributed by atoms with Gasteiger partial charge in [-0.15, -0.1) is 0 Å². The number of alkyl halides is 3. The number of carbonyl (C=O) groups is 3. The van der Waals surface area contributed by atoms with Crippen LogP contribution in [0.25, 0.3) is 0 Å². The van der Waals surface area contributed by atoms with Crippen LogP contribution in [0.4, 0.5) is 18.9 Å². The van der Waals surface area contributed by atoms with Crippen molar-refractivity contribution in [1.82, 2.24) is 5.43 Å². The second kappa shape index (κ2) is 11.5. The summed E-state index contributed by atoms with van der Waals surface area (Å²) in [4.78, 5) is 34.9. The van der Waals surface area contributed by atoms with E-state index in [1.165, 1.54) is 12.3 Å². The molecule has 0 unspecified atom stereocenters. The molecular formula is C21H20F3N3O5. The number of ether oxygens (including phenoxy) is 2. The zero-order valence-corrected chi connectivity index (χ0v) is 16.9.